The van der Waals surface area contributed by atoms with E-state index in [1.54, 1.807) is 23.1 Å². The number of fused-ring (bicyclic) bond motifs is 1. The molecule has 2 amide bonds. The smallest absolute Gasteiger partial charge is 0.253 e. The Labute approximate surface area is 130 Å². The summed E-state index contributed by atoms with van der Waals surface area (Å²) in [5.41, 5.74) is 2.17. The Morgan fingerprint density at radius 1 is 1.05 bits per heavy atom. The molecule has 0 spiro atoms. The molecule has 4 nitrogen and oxygen atoms in total. The van der Waals surface area contributed by atoms with Crippen LogP contribution in [0.5, 0.6) is 0 Å². The first-order valence-corrected chi connectivity index (χ1v) is 7.37. The topological polar surface area (TPSA) is 49.4 Å². The highest BCUT2D eigenvalue weighted by molar-refractivity contribution is 9.10. The molecule has 0 aromatic heterocycles. The molecule has 2 aromatic carbocycles. The van der Waals surface area contributed by atoms with Crippen molar-refractivity contribution in [1.82, 2.24) is 5.32 Å². The van der Waals surface area contributed by atoms with Gasteiger partial charge in [-0.1, -0.05) is 46.3 Å². The first-order valence-electron chi connectivity index (χ1n) is 6.58. The third-order valence-corrected chi connectivity index (χ3v) is 4.20. The highest BCUT2D eigenvalue weighted by atomic mass is 79.9. The van der Waals surface area contributed by atoms with Gasteiger partial charge in [-0.25, -0.2) is 0 Å². The van der Waals surface area contributed by atoms with Crippen molar-refractivity contribution in [2.75, 3.05) is 11.4 Å². The lowest BCUT2D eigenvalue weighted by molar-refractivity contribution is -0.117. The zero-order valence-corrected chi connectivity index (χ0v) is 12.8. The normalized spacial score (nSPS) is 14.4. The third-order valence-electron chi connectivity index (χ3n) is 3.43. The first kappa shape index (κ1) is 13.8. The van der Waals surface area contributed by atoms with Gasteiger partial charge in [0.2, 0.25) is 5.91 Å². The largest absolute Gasteiger partial charge is 0.343 e. The Balaban J connectivity index is 2.04. The van der Waals surface area contributed by atoms with Gasteiger partial charge in [0.05, 0.1) is 24.3 Å². The second kappa shape index (κ2) is 5.69. The highest BCUT2D eigenvalue weighted by Gasteiger charge is 2.26. The summed E-state index contributed by atoms with van der Waals surface area (Å²) in [6, 6.07) is 14.9. The summed E-state index contributed by atoms with van der Waals surface area (Å²) >= 11 is 3.49. The van der Waals surface area contributed by atoms with Crippen LogP contribution in [0.15, 0.2) is 53.0 Å². The molecule has 1 aliphatic heterocycles. The van der Waals surface area contributed by atoms with E-state index >= 15 is 0 Å². The molecule has 1 aliphatic rings. The minimum Gasteiger partial charge on any atom is -0.343 e. The quantitative estimate of drug-likeness (QED) is 0.910. The molecule has 106 valence electrons. The summed E-state index contributed by atoms with van der Waals surface area (Å²) in [5, 5.41) is 2.64. The summed E-state index contributed by atoms with van der Waals surface area (Å²) in [4.78, 5) is 26.0. The molecule has 3 rings (SSSR count). The number of rotatable bonds is 2. The number of nitrogens with zero attached hydrogens (tertiary/aromatic N) is 1. The van der Waals surface area contributed by atoms with E-state index in [4.69, 9.17) is 0 Å². The number of nitrogens with one attached hydrogen (secondary N) is 1. The minimum absolute atomic E-state index is 0.0119. The number of para-hydroxylation sites is 1. The summed E-state index contributed by atoms with van der Waals surface area (Å²) in [7, 11) is 0. The number of halogens is 1. The van der Waals surface area contributed by atoms with Gasteiger partial charge in [-0.05, 0) is 23.8 Å². The lowest BCUT2D eigenvalue weighted by Gasteiger charge is -2.22. The van der Waals surface area contributed by atoms with Crippen LogP contribution in [0, 0.1) is 0 Å². The average molecular weight is 345 g/mol. The molecular weight excluding hydrogens is 332 g/mol. The molecule has 1 N–H and O–H groups in total. The van der Waals surface area contributed by atoms with Crippen LogP contribution in [-0.4, -0.2) is 18.4 Å². The van der Waals surface area contributed by atoms with Crippen LogP contribution in [-0.2, 0) is 11.3 Å². The Morgan fingerprint density at radius 2 is 1.76 bits per heavy atom. The molecule has 0 aliphatic carbocycles. The van der Waals surface area contributed by atoms with Crippen LogP contribution in [0.1, 0.15) is 15.9 Å². The Kier molecular flexibility index (Phi) is 3.75. The summed E-state index contributed by atoms with van der Waals surface area (Å²) < 4.78 is 0.943. The fraction of sp³-hybridized carbons (Fsp3) is 0.125. The molecule has 0 atom stereocenters. The number of hydrogen-bond donors (Lipinski definition) is 1. The second-order valence-electron chi connectivity index (χ2n) is 4.77. The van der Waals surface area contributed by atoms with Crippen LogP contribution in [0.25, 0.3) is 0 Å². The molecular formula is C16H13BrN2O2. The predicted octanol–water partition coefficient (Wildman–Crippen LogP) is 2.73. The lowest BCUT2D eigenvalue weighted by atomic mass is 10.1. The standard InChI is InChI=1S/C16H13BrN2O2/c17-13-7-3-1-5-11(13)10-19-14-8-4-2-6-12(14)16(21)18-9-15(19)20/h1-8H,9-10H2,(H,18,21). The van der Waals surface area contributed by atoms with Gasteiger partial charge in [-0.15, -0.1) is 0 Å². The van der Waals surface area contributed by atoms with Gasteiger partial charge < -0.3 is 10.2 Å². The molecule has 0 unspecified atom stereocenters. The number of carbonyl (C=O) groups excluding carboxylic acids is 2. The Morgan fingerprint density at radius 3 is 2.57 bits per heavy atom. The van der Waals surface area contributed by atoms with E-state index in [1.807, 2.05) is 30.3 Å². The van der Waals surface area contributed by atoms with Crippen molar-refractivity contribution < 1.29 is 9.59 Å². The van der Waals surface area contributed by atoms with Gasteiger partial charge in [0.1, 0.15) is 0 Å². The van der Waals surface area contributed by atoms with E-state index in [9.17, 15) is 9.59 Å². The molecule has 0 radical (unpaired) electrons. The van der Waals surface area contributed by atoms with Crippen molar-refractivity contribution in [3.63, 3.8) is 0 Å². The first-order chi connectivity index (χ1) is 10.2. The molecule has 1 heterocycles. The van der Waals surface area contributed by atoms with E-state index in [0.717, 1.165) is 10.0 Å². The summed E-state index contributed by atoms with van der Waals surface area (Å²) in [5.74, 6) is -0.336. The average Bonchev–Trinajstić information content (AvgIpc) is 2.62. The number of amides is 2. The van der Waals surface area contributed by atoms with E-state index < -0.39 is 0 Å². The molecule has 0 saturated heterocycles. The number of carbonyl (C=O) groups is 2. The van der Waals surface area contributed by atoms with Crippen molar-refractivity contribution in [1.29, 1.82) is 0 Å². The fourth-order valence-electron chi connectivity index (χ4n) is 2.35. The van der Waals surface area contributed by atoms with Crippen molar-refractivity contribution in [2.45, 2.75) is 6.54 Å². The Bertz CT molecular complexity index is 715. The van der Waals surface area contributed by atoms with Crippen LogP contribution in [0.3, 0.4) is 0 Å². The van der Waals surface area contributed by atoms with Gasteiger partial charge in [-0.3, -0.25) is 9.59 Å². The Hall–Kier alpha value is -2.14. The lowest BCUT2D eigenvalue weighted by Crippen LogP contribution is -2.36. The van der Waals surface area contributed by atoms with Crippen LogP contribution in [0.2, 0.25) is 0 Å². The van der Waals surface area contributed by atoms with E-state index in [1.165, 1.54) is 0 Å². The van der Waals surface area contributed by atoms with Crippen molar-refractivity contribution in [3.05, 3.63) is 64.1 Å². The summed E-state index contributed by atoms with van der Waals surface area (Å²) in [6.07, 6.45) is 0. The molecule has 2 aromatic rings. The number of anilines is 1. The van der Waals surface area contributed by atoms with E-state index in [2.05, 4.69) is 21.2 Å². The molecule has 21 heavy (non-hydrogen) atoms. The van der Waals surface area contributed by atoms with Gasteiger partial charge in [0, 0.05) is 4.47 Å². The number of hydrogen-bond acceptors (Lipinski definition) is 2. The fourth-order valence-corrected chi connectivity index (χ4v) is 2.76. The second-order valence-corrected chi connectivity index (χ2v) is 5.63. The minimum atomic E-state index is -0.214. The van der Waals surface area contributed by atoms with Gasteiger partial charge in [0.15, 0.2) is 0 Å². The van der Waals surface area contributed by atoms with Gasteiger partial charge in [0.25, 0.3) is 5.91 Å². The van der Waals surface area contributed by atoms with Crippen LogP contribution < -0.4 is 10.2 Å². The maximum Gasteiger partial charge on any atom is 0.253 e. The maximum absolute atomic E-state index is 12.3. The summed E-state index contributed by atoms with van der Waals surface area (Å²) in [6.45, 7) is 0.435. The van der Waals surface area contributed by atoms with E-state index in [-0.39, 0.29) is 18.4 Å². The van der Waals surface area contributed by atoms with E-state index in [0.29, 0.717) is 17.8 Å². The SMILES string of the molecule is O=C1NCC(=O)N(Cc2ccccc2Br)c2ccccc21. The zero-order valence-electron chi connectivity index (χ0n) is 11.2. The number of benzene rings is 2. The van der Waals surface area contributed by atoms with Crippen molar-refractivity contribution >= 4 is 33.4 Å². The van der Waals surface area contributed by atoms with Gasteiger partial charge >= 0.3 is 0 Å². The predicted molar refractivity (Wildman–Crippen MR) is 84.1 cm³/mol. The highest BCUT2D eigenvalue weighted by Crippen LogP contribution is 2.26. The van der Waals surface area contributed by atoms with Crippen LogP contribution in [0.4, 0.5) is 5.69 Å². The molecule has 0 fully saturated rings. The molecule has 0 bridgehead atoms. The monoisotopic (exact) mass is 344 g/mol. The third kappa shape index (κ3) is 2.69. The molecule has 0 saturated carbocycles. The van der Waals surface area contributed by atoms with Crippen molar-refractivity contribution in [2.24, 2.45) is 0 Å². The van der Waals surface area contributed by atoms with Gasteiger partial charge in [-0.2, -0.15) is 0 Å². The van der Waals surface area contributed by atoms with Crippen molar-refractivity contribution in [3.8, 4) is 0 Å². The zero-order chi connectivity index (χ0) is 14.8. The maximum atomic E-state index is 12.3. The van der Waals surface area contributed by atoms with Crippen LogP contribution >= 0.6 is 15.9 Å². The molecule has 5 heteroatoms.